The molecule has 0 aromatic rings. The Bertz CT molecular complexity index is 321. The van der Waals surface area contributed by atoms with Crippen LogP contribution in [0.15, 0.2) is 0 Å². The van der Waals surface area contributed by atoms with Gasteiger partial charge in [0.05, 0.1) is 7.11 Å². The minimum atomic E-state index is -4.20. The molecule has 0 heterocycles. The number of esters is 1. The molecule has 0 rings (SSSR count). The third kappa shape index (κ3) is 3.75. The molecular weight excluding hydrogens is 235 g/mol. The number of carbonyl (C=O) groups excluding carboxylic acids is 1. The molecule has 0 aromatic heterocycles. The number of rotatable bonds is 5. The zero-order valence-electron chi connectivity index (χ0n) is 7.84. The molecule has 0 aromatic carbocycles. The lowest BCUT2D eigenvalue weighted by molar-refractivity contribution is -0.140. The highest BCUT2D eigenvalue weighted by atomic mass is 32.2. The second-order valence-electron chi connectivity index (χ2n) is 2.12. The van der Waals surface area contributed by atoms with Gasteiger partial charge < -0.3 is 9.26 Å². The van der Waals surface area contributed by atoms with Gasteiger partial charge in [-0.3, -0.25) is 13.5 Å². The van der Waals surface area contributed by atoms with Gasteiger partial charge in [-0.15, -0.1) is 0 Å². The first-order chi connectivity index (χ1) is 6.35. The van der Waals surface area contributed by atoms with E-state index in [9.17, 15) is 17.8 Å². The van der Waals surface area contributed by atoms with Crippen molar-refractivity contribution in [3.05, 3.63) is 0 Å². The topological polar surface area (TPSA) is 96.0 Å². The van der Waals surface area contributed by atoms with Crippen LogP contribution in [0.3, 0.4) is 0 Å². The second kappa shape index (κ2) is 5.45. The number of hydrogen-bond acceptors (Lipinski definition) is 7. The van der Waals surface area contributed by atoms with E-state index < -0.39 is 29.3 Å². The minimum absolute atomic E-state index is 0.872. The predicted octanol–water partition coefficient (Wildman–Crippen LogP) is -0.0696. The predicted molar refractivity (Wildman–Crippen MR) is 47.5 cm³/mol. The fourth-order valence-corrected chi connectivity index (χ4v) is 2.96. The summed E-state index contributed by atoms with van der Waals surface area (Å²) in [6.45, 7) is 0.989. The zero-order chi connectivity index (χ0) is 11.4. The Balaban J connectivity index is 4.91. The summed E-state index contributed by atoms with van der Waals surface area (Å²) in [6.07, 6.45) is 0. The molecule has 0 aliphatic heterocycles. The molecule has 14 heavy (non-hydrogen) atoms. The van der Waals surface area contributed by atoms with E-state index in [-0.39, 0.29) is 0 Å². The molecule has 0 amide bonds. The largest absolute Gasteiger partial charge is 0.433 e. The lowest BCUT2D eigenvalue weighted by atomic mass is 10.8. The summed E-state index contributed by atoms with van der Waals surface area (Å²) in [5, 5.41) is -1.89. The zero-order valence-corrected chi connectivity index (χ0v) is 9.66. The van der Waals surface area contributed by atoms with Gasteiger partial charge in [0.15, 0.2) is 0 Å². The Morgan fingerprint density at radius 3 is 2.14 bits per heavy atom. The second-order valence-corrected chi connectivity index (χ2v) is 5.86. The molecule has 84 valence electrons. The maximum Gasteiger partial charge on any atom is 0.315 e. The van der Waals surface area contributed by atoms with Crippen LogP contribution in [-0.2, 0) is 32.9 Å². The van der Waals surface area contributed by atoms with Crippen molar-refractivity contribution in [2.45, 2.75) is 12.1 Å². The summed E-state index contributed by atoms with van der Waals surface area (Å²) in [4.78, 5) is 10.5. The molecule has 0 N–H and O–H groups in total. The quantitative estimate of drug-likeness (QED) is 0.380. The van der Waals surface area contributed by atoms with Crippen molar-refractivity contribution in [3.63, 3.8) is 0 Å². The Hall–Kier alpha value is -0.430. The average molecular weight is 246 g/mol. The van der Waals surface area contributed by atoms with Gasteiger partial charge in [-0.25, -0.2) is 0 Å². The number of ether oxygens (including phenoxy) is 1. The van der Waals surface area contributed by atoms with E-state index in [1.165, 1.54) is 0 Å². The highest BCUT2D eigenvalue weighted by Crippen LogP contribution is 2.33. The standard InChI is InChI=1S/C5H11O7PS/c1-4(6)12-5(13(7)10-2)14(8,9)11-3/h5,13H,1-3H3. The van der Waals surface area contributed by atoms with Gasteiger partial charge in [-0.05, 0) is 0 Å². The Kier molecular flexibility index (Phi) is 5.28. The van der Waals surface area contributed by atoms with E-state index in [4.69, 9.17) is 0 Å². The van der Waals surface area contributed by atoms with Crippen molar-refractivity contribution < 1.29 is 31.2 Å². The lowest BCUT2D eigenvalue weighted by Gasteiger charge is -2.14. The summed E-state index contributed by atoms with van der Waals surface area (Å²) in [7, 11) is -5.32. The van der Waals surface area contributed by atoms with Gasteiger partial charge in [0.25, 0.3) is 5.18 Å². The molecular formula is C5H11O7PS. The van der Waals surface area contributed by atoms with Crippen LogP contribution >= 0.6 is 8.03 Å². The summed E-state index contributed by atoms with van der Waals surface area (Å²) in [5.41, 5.74) is 0. The fourth-order valence-electron chi connectivity index (χ4n) is 0.559. The first-order valence-electron chi connectivity index (χ1n) is 3.39. The van der Waals surface area contributed by atoms with Gasteiger partial charge in [-0.1, -0.05) is 0 Å². The Morgan fingerprint density at radius 1 is 1.36 bits per heavy atom. The van der Waals surface area contributed by atoms with Crippen LogP contribution in [0.1, 0.15) is 6.92 Å². The molecule has 0 saturated heterocycles. The normalized spacial score (nSPS) is 15.9. The van der Waals surface area contributed by atoms with Crippen molar-refractivity contribution in [1.82, 2.24) is 0 Å². The first kappa shape index (κ1) is 13.6. The average Bonchev–Trinajstić information content (AvgIpc) is 2.12. The van der Waals surface area contributed by atoms with Crippen molar-refractivity contribution in [2.24, 2.45) is 0 Å². The lowest BCUT2D eigenvalue weighted by Crippen LogP contribution is -2.24. The highest BCUT2D eigenvalue weighted by molar-refractivity contribution is 7.92. The van der Waals surface area contributed by atoms with Crippen LogP contribution in [0.5, 0.6) is 0 Å². The van der Waals surface area contributed by atoms with Gasteiger partial charge in [0, 0.05) is 14.0 Å². The molecule has 0 spiro atoms. The fraction of sp³-hybridized carbons (Fsp3) is 0.800. The molecule has 0 aliphatic rings. The molecule has 0 radical (unpaired) electrons. The molecule has 0 aliphatic carbocycles. The smallest absolute Gasteiger partial charge is 0.315 e. The van der Waals surface area contributed by atoms with E-state index in [1.807, 2.05) is 0 Å². The van der Waals surface area contributed by atoms with Gasteiger partial charge >= 0.3 is 16.1 Å². The highest BCUT2D eigenvalue weighted by Gasteiger charge is 2.34. The summed E-state index contributed by atoms with van der Waals surface area (Å²) in [6, 6.07) is 0. The van der Waals surface area contributed by atoms with E-state index in [0.29, 0.717) is 0 Å². The Morgan fingerprint density at radius 2 is 1.86 bits per heavy atom. The SMILES string of the molecule is CO[PH](=O)C(OC(C)=O)S(=O)(=O)OC. The van der Waals surface area contributed by atoms with Gasteiger partial charge in [0.2, 0.25) is 8.03 Å². The molecule has 2 atom stereocenters. The molecule has 9 heteroatoms. The molecule has 0 bridgehead atoms. The summed E-state index contributed by atoms with van der Waals surface area (Å²) >= 11 is 0. The van der Waals surface area contributed by atoms with Gasteiger partial charge in [0.1, 0.15) is 0 Å². The number of hydrogen-bond donors (Lipinski definition) is 0. The van der Waals surface area contributed by atoms with Crippen LogP contribution in [0.2, 0.25) is 0 Å². The van der Waals surface area contributed by atoms with E-state index in [2.05, 4.69) is 13.4 Å². The molecule has 2 unspecified atom stereocenters. The molecule has 0 fully saturated rings. The maximum absolute atomic E-state index is 11.1. The monoisotopic (exact) mass is 246 g/mol. The van der Waals surface area contributed by atoms with Crippen LogP contribution < -0.4 is 0 Å². The van der Waals surface area contributed by atoms with Crippen LogP contribution in [0.25, 0.3) is 0 Å². The van der Waals surface area contributed by atoms with E-state index >= 15 is 0 Å². The van der Waals surface area contributed by atoms with Crippen molar-refractivity contribution in [2.75, 3.05) is 14.2 Å². The van der Waals surface area contributed by atoms with Crippen LogP contribution in [-0.4, -0.2) is 33.8 Å². The summed E-state index contributed by atoms with van der Waals surface area (Å²) in [5.74, 6) is -0.883. The number of carbonyl (C=O) groups is 1. The van der Waals surface area contributed by atoms with E-state index in [0.717, 1.165) is 21.1 Å². The molecule has 0 saturated carbocycles. The van der Waals surface area contributed by atoms with Crippen molar-refractivity contribution in [3.8, 4) is 0 Å². The van der Waals surface area contributed by atoms with E-state index in [1.54, 1.807) is 0 Å². The first-order valence-corrected chi connectivity index (χ1v) is 6.26. The van der Waals surface area contributed by atoms with Crippen LogP contribution in [0, 0.1) is 0 Å². The van der Waals surface area contributed by atoms with Gasteiger partial charge in [-0.2, -0.15) is 8.42 Å². The minimum Gasteiger partial charge on any atom is -0.433 e. The van der Waals surface area contributed by atoms with Crippen molar-refractivity contribution in [1.29, 1.82) is 0 Å². The third-order valence-electron chi connectivity index (χ3n) is 1.16. The third-order valence-corrected chi connectivity index (χ3v) is 4.59. The molecule has 7 nitrogen and oxygen atoms in total. The van der Waals surface area contributed by atoms with Crippen molar-refractivity contribution >= 4 is 24.1 Å². The Labute approximate surface area is 82.3 Å². The summed E-state index contributed by atoms with van der Waals surface area (Å²) < 4.78 is 45.9. The van der Waals surface area contributed by atoms with Crippen LogP contribution in [0.4, 0.5) is 0 Å². The maximum atomic E-state index is 11.1.